The number of hydrogen-bond donors (Lipinski definition) is 2. The standard InChI is InChI=1S/C21H26N4O6/c1-2-9-31-21(30)23-7-6-14(11-23)24-8-5-13(18(24)26)10-12-3-4-15-16(22)19(27)25(15)17(12)20(28)29/h2,10,14-16H,1,3-9,11,22H2,(H,28,29)/b13-10+/t14-,15?,16+/m1/s1. The number of carboxylic acids is 1. The molecule has 4 aliphatic heterocycles. The Hall–Kier alpha value is -3.14. The highest BCUT2D eigenvalue weighted by atomic mass is 16.6. The Balaban J connectivity index is 1.48. The fourth-order valence-electron chi connectivity index (χ4n) is 4.82. The van der Waals surface area contributed by atoms with Gasteiger partial charge in [-0.2, -0.15) is 0 Å². The predicted molar refractivity (Wildman–Crippen MR) is 108 cm³/mol. The molecule has 3 saturated heterocycles. The molecule has 0 saturated carbocycles. The fourth-order valence-corrected chi connectivity index (χ4v) is 4.82. The SMILES string of the molecule is C=CCOC(=O)N1CC[C@@H](N2CC/C(=C\C3=C(C(=O)O)N4C(=O)[C@@H](N)C4CC3)C2=O)C1. The molecule has 3 atom stereocenters. The van der Waals surface area contributed by atoms with Crippen molar-refractivity contribution in [1.82, 2.24) is 14.7 Å². The molecule has 3 N–H and O–H groups in total. The molecule has 166 valence electrons. The van der Waals surface area contributed by atoms with Crippen LogP contribution < -0.4 is 5.73 Å². The summed E-state index contributed by atoms with van der Waals surface area (Å²) in [5.74, 6) is -1.74. The second-order valence-corrected chi connectivity index (χ2v) is 8.19. The van der Waals surface area contributed by atoms with E-state index in [1.165, 1.54) is 11.0 Å². The molecule has 10 nitrogen and oxygen atoms in total. The van der Waals surface area contributed by atoms with Crippen LogP contribution in [0.2, 0.25) is 0 Å². The minimum atomic E-state index is -1.19. The van der Waals surface area contributed by atoms with E-state index in [1.54, 1.807) is 15.9 Å². The van der Waals surface area contributed by atoms with Crippen LogP contribution in [0.3, 0.4) is 0 Å². The summed E-state index contributed by atoms with van der Waals surface area (Å²) in [5.41, 5.74) is 6.73. The van der Waals surface area contributed by atoms with Gasteiger partial charge in [0.15, 0.2) is 0 Å². The van der Waals surface area contributed by atoms with Crippen molar-refractivity contribution in [3.05, 3.63) is 35.6 Å². The molecular formula is C21H26N4O6. The fraction of sp³-hybridized carbons (Fsp3) is 0.524. The number of hydrogen-bond acceptors (Lipinski definition) is 6. The number of aliphatic carboxylic acids is 1. The minimum absolute atomic E-state index is 0.0706. The smallest absolute Gasteiger partial charge is 0.410 e. The van der Waals surface area contributed by atoms with Crippen LogP contribution in [0.1, 0.15) is 25.7 Å². The van der Waals surface area contributed by atoms with Crippen molar-refractivity contribution in [3.8, 4) is 0 Å². The van der Waals surface area contributed by atoms with Gasteiger partial charge in [0, 0.05) is 25.2 Å². The van der Waals surface area contributed by atoms with Crippen molar-refractivity contribution < 1.29 is 29.0 Å². The molecule has 0 aliphatic carbocycles. The zero-order valence-corrected chi connectivity index (χ0v) is 17.2. The first-order valence-electron chi connectivity index (χ1n) is 10.4. The average molecular weight is 430 g/mol. The first-order valence-corrected chi connectivity index (χ1v) is 10.4. The monoisotopic (exact) mass is 430 g/mol. The molecule has 1 unspecified atom stereocenters. The maximum absolute atomic E-state index is 13.0. The van der Waals surface area contributed by atoms with Crippen LogP contribution in [0.5, 0.6) is 0 Å². The number of fused-ring (bicyclic) bond motifs is 1. The second-order valence-electron chi connectivity index (χ2n) is 8.19. The molecule has 0 radical (unpaired) electrons. The van der Waals surface area contributed by atoms with E-state index in [9.17, 15) is 24.3 Å². The van der Waals surface area contributed by atoms with Gasteiger partial charge >= 0.3 is 12.1 Å². The summed E-state index contributed by atoms with van der Waals surface area (Å²) in [6.07, 6.45) is 4.88. The second kappa shape index (κ2) is 8.18. The molecule has 4 aliphatic rings. The lowest BCUT2D eigenvalue weighted by molar-refractivity contribution is -0.152. The lowest BCUT2D eigenvalue weighted by Gasteiger charge is -2.48. The summed E-state index contributed by atoms with van der Waals surface area (Å²) < 4.78 is 5.06. The third-order valence-electron chi connectivity index (χ3n) is 6.42. The Bertz CT molecular complexity index is 910. The van der Waals surface area contributed by atoms with Crippen LogP contribution in [0, 0.1) is 0 Å². The Morgan fingerprint density at radius 1 is 1.23 bits per heavy atom. The van der Waals surface area contributed by atoms with Crippen molar-refractivity contribution >= 4 is 23.9 Å². The van der Waals surface area contributed by atoms with E-state index in [0.29, 0.717) is 56.5 Å². The van der Waals surface area contributed by atoms with Crippen LogP contribution in [0.25, 0.3) is 0 Å². The van der Waals surface area contributed by atoms with Crippen LogP contribution in [-0.4, -0.2) is 88.0 Å². The molecule has 0 aromatic carbocycles. The molecule has 3 fully saturated rings. The minimum Gasteiger partial charge on any atom is -0.477 e. The number of nitrogens with two attached hydrogens (primary N) is 1. The zero-order chi connectivity index (χ0) is 22.3. The highest BCUT2D eigenvalue weighted by Crippen LogP contribution is 2.37. The van der Waals surface area contributed by atoms with Gasteiger partial charge in [-0.1, -0.05) is 12.7 Å². The molecule has 10 heteroatoms. The van der Waals surface area contributed by atoms with Gasteiger partial charge in [0.25, 0.3) is 0 Å². The number of rotatable bonds is 5. The largest absolute Gasteiger partial charge is 0.477 e. The summed E-state index contributed by atoms with van der Waals surface area (Å²) >= 11 is 0. The number of β-lactam (4-membered cyclic amide) rings is 1. The van der Waals surface area contributed by atoms with Gasteiger partial charge in [0.2, 0.25) is 11.8 Å². The number of ether oxygens (including phenoxy) is 1. The number of carboxylic acid groups (broad SMARTS) is 1. The molecule has 0 aromatic rings. The predicted octanol–water partition coefficient (Wildman–Crippen LogP) is 0.213. The molecule has 0 bridgehead atoms. The van der Waals surface area contributed by atoms with E-state index < -0.39 is 24.0 Å². The number of nitrogens with zero attached hydrogens (tertiary/aromatic N) is 3. The van der Waals surface area contributed by atoms with Crippen LogP contribution in [-0.2, 0) is 19.1 Å². The van der Waals surface area contributed by atoms with E-state index in [-0.39, 0.29) is 30.3 Å². The van der Waals surface area contributed by atoms with Crippen LogP contribution >= 0.6 is 0 Å². The van der Waals surface area contributed by atoms with Gasteiger partial charge in [-0.15, -0.1) is 0 Å². The number of carbonyl (C=O) groups excluding carboxylic acids is 3. The lowest BCUT2D eigenvalue weighted by atomic mass is 9.83. The van der Waals surface area contributed by atoms with Gasteiger partial charge in [0.05, 0.1) is 12.1 Å². The van der Waals surface area contributed by atoms with E-state index in [1.807, 2.05) is 0 Å². The van der Waals surface area contributed by atoms with Gasteiger partial charge in [0.1, 0.15) is 18.3 Å². The highest BCUT2D eigenvalue weighted by Gasteiger charge is 2.51. The van der Waals surface area contributed by atoms with E-state index in [4.69, 9.17) is 10.5 Å². The average Bonchev–Trinajstić information content (AvgIpc) is 3.38. The van der Waals surface area contributed by atoms with Crippen molar-refractivity contribution in [1.29, 1.82) is 0 Å². The molecule has 31 heavy (non-hydrogen) atoms. The molecule has 3 amide bonds. The van der Waals surface area contributed by atoms with Gasteiger partial charge in [-0.05, 0) is 37.3 Å². The highest BCUT2D eigenvalue weighted by molar-refractivity contribution is 6.01. The Kier molecular flexibility index (Phi) is 5.57. The Morgan fingerprint density at radius 2 is 2.00 bits per heavy atom. The summed E-state index contributed by atoms with van der Waals surface area (Å²) in [6.45, 7) is 5.08. The maximum Gasteiger partial charge on any atom is 0.410 e. The number of carbonyl (C=O) groups is 4. The Morgan fingerprint density at radius 3 is 2.71 bits per heavy atom. The quantitative estimate of drug-likeness (QED) is 0.362. The van der Waals surface area contributed by atoms with E-state index in [0.717, 1.165) is 0 Å². The van der Waals surface area contributed by atoms with Crippen molar-refractivity contribution in [2.24, 2.45) is 5.73 Å². The van der Waals surface area contributed by atoms with E-state index in [2.05, 4.69) is 6.58 Å². The van der Waals surface area contributed by atoms with E-state index >= 15 is 0 Å². The summed E-state index contributed by atoms with van der Waals surface area (Å²) in [4.78, 5) is 53.5. The van der Waals surface area contributed by atoms with Gasteiger partial charge < -0.3 is 25.4 Å². The number of amides is 3. The van der Waals surface area contributed by atoms with Gasteiger partial charge in [-0.25, -0.2) is 9.59 Å². The Labute approximate surface area is 179 Å². The molecule has 4 rings (SSSR count). The molecular weight excluding hydrogens is 404 g/mol. The topological polar surface area (TPSA) is 133 Å². The normalized spacial score (nSPS) is 29.4. The maximum atomic E-state index is 13.0. The summed E-state index contributed by atoms with van der Waals surface area (Å²) in [7, 11) is 0. The van der Waals surface area contributed by atoms with Crippen molar-refractivity contribution in [2.75, 3.05) is 26.2 Å². The molecule has 4 heterocycles. The third kappa shape index (κ3) is 3.60. The zero-order valence-electron chi connectivity index (χ0n) is 17.2. The molecule has 0 spiro atoms. The first-order chi connectivity index (χ1) is 14.8. The number of likely N-dealkylation sites (tertiary alicyclic amines) is 2. The van der Waals surface area contributed by atoms with Gasteiger partial charge in [-0.3, -0.25) is 14.5 Å². The van der Waals surface area contributed by atoms with Crippen LogP contribution in [0.15, 0.2) is 35.6 Å². The third-order valence-corrected chi connectivity index (χ3v) is 6.42. The number of allylic oxidation sites excluding steroid dienone is 2. The summed E-state index contributed by atoms with van der Waals surface area (Å²) in [6, 6.07) is -1.05. The first kappa shape index (κ1) is 21.1. The lowest BCUT2D eigenvalue weighted by Crippen LogP contribution is -2.69. The van der Waals surface area contributed by atoms with Crippen molar-refractivity contribution in [2.45, 2.75) is 43.8 Å². The summed E-state index contributed by atoms with van der Waals surface area (Å²) in [5, 5.41) is 9.67. The molecule has 0 aromatic heterocycles. The van der Waals surface area contributed by atoms with Crippen LogP contribution in [0.4, 0.5) is 4.79 Å². The van der Waals surface area contributed by atoms with Crippen molar-refractivity contribution in [3.63, 3.8) is 0 Å².